The van der Waals surface area contributed by atoms with E-state index in [2.05, 4.69) is 4.90 Å². The summed E-state index contributed by atoms with van der Waals surface area (Å²) >= 11 is 0. The van der Waals surface area contributed by atoms with E-state index < -0.39 is 0 Å². The van der Waals surface area contributed by atoms with E-state index in [1.807, 2.05) is 30.3 Å². The molecule has 130 valence electrons. The number of carbonyl (C=O) groups excluding carboxylic acids is 2. The SMILES string of the molecule is CC(=N)CC(=O)OCCCN1CCC(C(=O)c2ccccc2)CC1. The first kappa shape index (κ1) is 18.3. The van der Waals surface area contributed by atoms with Crippen LogP contribution < -0.4 is 0 Å². The normalized spacial score (nSPS) is 15.9. The number of hydrogen-bond acceptors (Lipinski definition) is 5. The Balaban J connectivity index is 1.63. The van der Waals surface area contributed by atoms with Crippen LogP contribution in [0.15, 0.2) is 30.3 Å². The quantitative estimate of drug-likeness (QED) is 0.344. The Hall–Kier alpha value is -2.01. The zero-order valence-electron chi connectivity index (χ0n) is 14.3. The van der Waals surface area contributed by atoms with Crippen molar-refractivity contribution in [2.24, 2.45) is 5.92 Å². The number of ether oxygens (including phenoxy) is 1. The van der Waals surface area contributed by atoms with Crippen LogP contribution in [0, 0.1) is 11.3 Å². The van der Waals surface area contributed by atoms with Crippen LogP contribution in [0.1, 0.15) is 43.0 Å². The van der Waals surface area contributed by atoms with Crippen molar-refractivity contribution < 1.29 is 14.3 Å². The molecule has 1 fully saturated rings. The Morgan fingerprint density at radius 3 is 2.50 bits per heavy atom. The molecule has 0 radical (unpaired) electrons. The van der Waals surface area contributed by atoms with Crippen molar-refractivity contribution in [1.82, 2.24) is 4.90 Å². The van der Waals surface area contributed by atoms with Gasteiger partial charge in [-0.2, -0.15) is 0 Å². The van der Waals surface area contributed by atoms with Gasteiger partial charge in [-0.3, -0.25) is 9.59 Å². The second-order valence-electron chi connectivity index (χ2n) is 6.38. The third kappa shape index (κ3) is 5.89. The predicted octanol–water partition coefficient (Wildman–Crippen LogP) is 2.94. The van der Waals surface area contributed by atoms with E-state index in [9.17, 15) is 9.59 Å². The van der Waals surface area contributed by atoms with Crippen molar-refractivity contribution in [3.8, 4) is 0 Å². The zero-order valence-corrected chi connectivity index (χ0v) is 14.3. The van der Waals surface area contributed by atoms with Gasteiger partial charge in [-0.15, -0.1) is 0 Å². The number of likely N-dealkylation sites (tertiary alicyclic amines) is 1. The van der Waals surface area contributed by atoms with Gasteiger partial charge >= 0.3 is 5.97 Å². The zero-order chi connectivity index (χ0) is 17.4. The number of carbonyl (C=O) groups is 2. The van der Waals surface area contributed by atoms with Gasteiger partial charge in [0.1, 0.15) is 0 Å². The highest BCUT2D eigenvalue weighted by Crippen LogP contribution is 2.21. The lowest BCUT2D eigenvalue weighted by molar-refractivity contribution is -0.142. The number of rotatable bonds is 8. The van der Waals surface area contributed by atoms with Crippen LogP contribution in [0.3, 0.4) is 0 Å². The molecule has 0 aromatic heterocycles. The number of piperidine rings is 1. The van der Waals surface area contributed by atoms with Gasteiger partial charge in [0.15, 0.2) is 5.78 Å². The number of Topliss-reactive ketones (excluding diaryl/α,β-unsaturated/α-hetero) is 1. The highest BCUT2D eigenvalue weighted by Gasteiger charge is 2.25. The molecule has 0 saturated carbocycles. The maximum absolute atomic E-state index is 12.4. The molecule has 24 heavy (non-hydrogen) atoms. The number of nitrogens with one attached hydrogen (secondary N) is 1. The highest BCUT2D eigenvalue weighted by molar-refractivity contribution is 5.97. The van der Waals surface area contributed by atoms with Crippen LogP contribution in [0.5, 0.6) is 0 Å². The maximum Gasteiger partial charge on any atom is 0.311 e. The summed E-state index contributed by atoms with van der Waals surface area (Å²) in [6, 6.07) is 9.51. The fourth-order valence-corrected chi connectivity index (χ4v) is 3.00. The predicted molar refractivity (Wildman–Crippen MR) is 93.5 cm³/mol. The Morgan fingerprint density at radius 2 is 1.88 bits per heavy atom. The molecule has 5 heteroatoms. The van der Waals surface area contributed by atoms with Crippen molar-refractivity contribution in [3.05, 3.63) is 35.9 Å². The van der Waals surface area contributed by atoms with Gasteiger partial charge < -0.3 is 15.0 Å². The molecule has 0 aliphatic carbocycles. The minimum atomic E-state index is -0.324. The van der Waals surface area contributed by atoms with Gasteiger partial charge in [-0.05, 0) is 39.3 Å². The molecule has 0 amide bonds. The fraction of sp³-hybridized carbons (Fsp3) is 0.526. The van der Waals surface area contributed by atoms with Gasteiger partial charge in [0.25, 0.3) is 0 Å². The Kier molecular flexibility index (Phi) is 7.12. The van der Waals surface area contributed by atoms with E-state index in [1.165, 1.54) is 0 Å². The molecule has 5 nitrogen and oxygen atoms in total. The van der Waals surface area contributed by atoms with Crippen LogP contribution in [0.2, 0.25) is 0 Å². The Bertz CT molecular complexity index is 563. The van der Waals surface area contributed by atoms with Gasteiger partial charge in [0.05, 0.1) is 13.0 Å². The number of hydrogen-bond donors (Lipinski definition) is 1. The summed E-state index contributed by atoms with van der Waals surface area (Å²) in [6.45, 7) is 4.70. The summed E-state index contributed by atoms with van der Waals surface area (Å²) in [6.07, 6.45) is 2.65. The van der Waals surface area contributed by atoms with Crippen molar-refractivity contribution in [2.45, 2.75) is 32.6 Å². The molecule has 1 aromatic rings. The molecular weight excluding hydrogens is 304 g/mol. The lowest BCUT2D eigenvalue weighted by Gasteiger charge is -2.31. The molecule has 1 aliphatic rings. The van der Waals surface area contributed by atoms with Crippen molar-refractivity contribution >= 4 is 17.5 Å². The van der Waals surface area contributed by atoms with Gasteiger partial charge in [0, 0.05) is 23.7 Å². The van der Waals surface area contributed by atoms with Crippen LogP contribution in [-0.4, -0.2) is 48.6 Å². The smallest absolute Gasteiger partial charge is 0.311 e. The molecular formula is C19H26N2O3. The van der Waals surface area contributed by atoms with Crippen molar-refractivity contribution in [1.29, 1.82) is 5.41 Å². The fourth-order valence-electron chi connectivity index (χ4n) is 3.00. The minimum Gasteiger partial charge on any atom is -0.465 e. The average Bonchev–Trinajstić information content (AvgIpc) is 2.59. The topological polar surface area (TPSA) is 70.5 Å². The molecule has 0 atom stereocenters. The number of benzene rings is 1. The highest BCUT2D eigenvalue weighted by atomic mass is 16.5. The molecule has 0 spiro atoms. The second-order valence-corrected chi connectivity index (χ2v) is 6.38. The summed E-state index contributed by atoms with van der Waals surface area (Å²) in [7, 11) is 0. The van der Waals surface area contributed by atoms with Gasteiger partial charge in [-0.1, -0.05) is 30.3 Å². The summed E-state index contributed by atoms with van der Waals surface area (Å²) < 4.78 is 5.10. The summed E-state index contributed by atoms with van der Waals surface area (Å²) in [5.74, 6) is 0.0536. The molecule has 1 aromatic carbocycles. The summed E-state index contributed by atoms with van der Waals surface area (Å²) in [4.78, 5) is 26.1. The number of esters is 1. The lowest BCUT2D eigenvalue weighted by Crippen LogP contribution is -2.37. The van der Waals surface area contributed by atoms with E-state index in [4.69, 9.17) is 10.1 Å². The Morgan fingerprint density at radius 1 is 1.21 bits per heavy atom. The van der Waals surface area contributed by atoms with Crippen LogP contribution in [0.4, 0.5) is 0 Å². The third-order valence-corrected chi connectivity index (χ3v) is 4.31. The molecule has 1 saturated heterocycles. The van der Waals surface area contributed by atoms with E-state index in [1.54, 1.807) is 6.92 Å². The van der Waals surface area contributed by atoms with Gasteiger partial charge in [-0.25, -0.2) is 0 Å². The molecule has 1 aliphatic heterocycles. The first-order valence-corrected chi connectivity index (χ1v) is 8.57. The average molecular weight is 330 g/mol. The molecule has 0 bridgehead atoms. The summed E-state index contributed by atoms with van der Waals surface area (Å²) in [5, 5.41) is 7.24. The molecule has 0 unspecified atom stereocenters. The minimum absolute atomic E-state index is 0.0764. The van der Waals surface area contributed by atoms with E-state index >= 15 is 0 Å². The number of ketones is 1. The molecule has 1 N–H and O–H groups in total. The van der Waals surface area contributed by atoms with Gasteiger partial charge in [0.2, 0.25) is 0 Å². The van der Waals surface area contributed by atoms with E-state index in [0.29, 0.717) is 12.3 Å². The largest absolute Gasteiger partial charge is 0.465 e. The maximum atomic E-state index is 12.4. The first-order chi connectivity index (χ1) is 11.6. The number of nitrogens with zero attached hydrogens (tertiary/aromatic N) is 1. The molecule has 2 rings (SSSR count). The van der Waals surface area contributed by atoms with Crippen LogP contribution >= 0.6 is 0 Å². The summed E-state index contributed by atoms with van der Waals surface area (Å²) in [5.41, 5.74) is 1.13. The van der Waals surface area contributed by atoms with E-state index in [0.717, 1.165) is 44.5 Å². The monoisotopic (exact) mass is 330 g/mol. The first-order valence-electron chi connectivity index (χ1n) is 8.57. The molecule has 1 heterocycles. The Labute approximate surface area is 143 Å². The van der Waals surface area contributed by atoms with Crippen molar-refractivity contribution in [3.63, 3.8) is 0 Å². The third-order valence-electron chi connectivity index (χ3n) is 4.31. The van der Waals surface area contributed by atoms with Crippen LogP contribution in [0.25, 0.3) is 0 Å². The van der Waals surface area contributed by atoms with E-state index in [-0.39, 0.29) is 24.1 Å². The van der Waals surface area contributed by atoms with Crippen LogP contribution in [-0.2, 0) is 9.53 Å². The standard InChI is InChI=1S/C19H26N2O3/c1-15(20)14-18(22)24-13-5-10-21-11-8-17(9-12-21)19(23)16-6-3-2-4-7-16/h2-4,6-7,17,20H,5,8-14H2,1H3. The second kappa shape index (κ2) is 9.33. The van der Waals surface area contributed by atoms with Crippen molar-refractivity contribution in [2.75, 3.05) is 26.2 Å². The lowest BCUT2D eigenvalue weighted by atomic mass is 9.89.